The molecule has 1 unspecified atom stereocenters. The Bertz CT molecular complexity index is 2350. The molecule has 13 nitrogen and oxygen atoms in total. The molecule has 0 radical (unpaired) electrons. The molecule has 294 valence electrons. The molecule has 6 aromatic rings. The van der Waals surface area contributed by atoms with Crippen molar-refractivity contribution in [3.05, 3.63) is 161 Å². The Hall–Kier alpha value is -6.94. The first-order valence-corrected chi connectivity index (χ1v) is 19.4. The van der Waals surface area contributed by atoms with Gasteiger partial charge in [-0.2, -0.15) is 0 Å². The van der Waals surface area contributed by atoms with Gasteiger partial charge in [0.15, 0.2) is 30.4 Å². The molecule has 58 heavy (non-hydrogen) atoms. The van der Waals surface area contributed by atoms with Crippen LogP contribution in [0, 0.1) is 0 Å². The van der Waals surface area contributed by atoms with Crippen LogP contribution in [0.3, 0.4) is 0 Å². The summed E-state index contributed by atoms with van der Waals surface area (Å²) in [6.45, 7) is 0. The molecular weight excluding hydrogens is 786 g/mol. The number of hydrogen-bond donors (Lipinski definition) is 0. The Morgan fingerprint density at radius 3 is 1.09 bits per heavy atom. The predicted octanol–water partition coefficient (Wildman–Crippen LogP) is 9.91. The Morgan fingerprint density at radius 2 is 0.724 bits per heavy atom. The zero-order valence-corrected chi connectivity index (χ0v) is 32.9. The number of aldehydes is 3. The summed E-state index contributed by atoms with van der Waals surface area (Å²) in [5.74, 6) is 1.10. The van der Waals surface area contributed by atoms with E-state index < -0.39 is 23.0 Å². The molecule has 0 spiro atoms. The van der Waals surface area contributed by atoms with Gasteiger partial charge in [-0.3, -0.25) is 19.2 Å². The van der Waals surface area contributed by atoms with E-state index in [1.54, 1.807) is 109 Å². The first-order valence-electron chi connectivity index (χ1n) is 17.2. The molecule has 0 aliphatic heterocycles. The van der Waals surface area contributed by atoms with E-state index in [0.717, 1.165) is 0 Å². The number of rotatable bonds is 20. The summed E-state index contributed by atoms with van der Waals surface area (Å²) in [5, 5.41) is 0. The van der Waals surface area contributed by atoms with Crippen molar-refractivity contribution in [3.8, 4) is 51.7 Å². The molecule has 0 aliphatic rings. The number of ketones is 1. The lowest BCUT2D eigenvalue weighted by atomic mass is 10.0. The smallest absolute Gasteiger partial charge is 0.497 e. The maximum atomic E-state index is 14.7. The van der Waals surface area contributed by atoms with Gasteiger partial charge in [-0.1, -0.05) is 48.5 Å². The van der Waals surface area contributed by atoms with Gasteiger partial charge < -0.3 is 41.4 Å². The maximum absolute atomic E-state index is 14.7. The summed E-state index contributed by atoms with van der Waals surface area (Å²) in [6, 6.07) is 35.3. The number of carbonyl (C=O) groups is 4. The highest BCUT2D eigenvalue weighted by Crippen LogP contribution is 2.49. The maximum Gasteiger partial charge on any atom is 0.530 e. The van der Waals surface area contributed by atoms with Gasteiger partial charge in [-0.25, -0.2) is 0 Å². The summed E-state index contributed by atoms with van der Waals surface area (Å²) in [5.41, 5.74) is 0.694. The lowest BCUT2D eigenvalue weighted by molar-refractivity contribution is 0.103. The number of para-hydroxylation sites is 5. The third-order valence-electron chi connectivity index (χ3n) is 8.11. The number of hydrogen-bond acceptors (Lipinski definition) is 13. The number of methoxy groups -OCH3 is 3. The van der Waals surface area contributed by atoms with Crippen LogP contribution >= 0.6 is 17.2 Å². The van der Waals surface area contributed by atoms with Gasteiger partial charge in [-0.15, -0.1) is 0 Å². The van der Waals surface area contributed by atoms with Crippen LogP contribution in [-0.4, -0.2) is 46.0 Å². The molecule has 0 fully saturated rings. The Balaban J connectivity index is 1.41. The topological polar surface area (TPSA) is 151 Å². The van der Waals surface area contributed by atoms with Crippen LogP contribution in [0.4, 0.5) is 0 Å². The molecule has 1 atom stereocenters. The van der Waals surface area contributed by atoms with Gasteiger partial charge in [0.2, 0.25) is 5.78 Å². The molecular formula is C43H34O13P2. The van der Waals surface area contributed by atoms with E-state index in [9.17, 15) is 19.2 Å². The lowest BCUT2D eigenvalue weighted by Gasteiger charge is -2.22. The van der Waals surface area contributed by atoms with Crippen molar-refractivity contribution in [2.45, 2.75) is 0 Å². The number of carbonyl (C=O) groups excluding carboxylic acids is 4. The predicted molar refractivity (Wildman–Crippen MR) is 216 cm³/mol. The first kappa shape index (κ1) is 40.7. The lowest BCUT2D eigenvalue weighted by Crippen LogP contribution is -2.11. The third-order valence-corrected chi connectivity index (χ3v) is 10.2. The quantitative estimate of drug-likeness (QED) is 0.0409. The molecule has 0 amide bonds. The van der Waals surface area contributed by atoms with Gasteiger partial charge in [0.25, 0.3) is 0 Å². The van der Waals surface area contributed by atoms with E-state index in [0.29, 0.717) is 36.1 Å². The van der Waals surface area contributed by atoms with Crippen LogP contribution in [0.1, 0.15) is 47.0 Å². The van der Waals surface area contributed by atoms with E-state index in [-0.39, 0.29) is 62.3 Å². The minimum Gasteiger partial charge on any atom is -0.497 e. The molecule has 0 saturated heterocycles. The summed E-state index contributed by atoms with van der Waals surface area (Å²) in [6.07, 6.45) is 1.86. The molecule has 0 heterocycles. The van der Waals surface area contributed by atoms with Crippen molar-refractivity contribution in [1.29, 1.82) is 0 Å². The van der Waals surface area contributed by atoms with E-state index in [1.165, 1.54) is 45.6 Å². The Morgan fingerprint density at radius 1 is 0.397 bits per heavy atom. The molecule has 6 aromatic carbocycles. The average molecular weight is 821 g/mol. The Kier molecular flexibility index (Phi) is 13.9. The van der Waals surface area contributed by atoms with E-state index in [2.05, 4.69) is 0 Å². The SMILES string of the molecule is COc1ccc(C(=O)c2ccc(OC)cc2OP(Oc2ccccc2C=O)Oc2ccccc2OC)c(OP(Oc2ccccc2C=O)Oc2ccccc2C=O)c1. The Labute approximate surface area is 335 Å². The van der Waals surface area contributed by atoms with E-state index >= 15 is 0 Å². The second-order valence-electron chi connectivity index (χ2n) is 11.7. The fourth-order valence-electron chi connectivity index (χ4n) is 5.20. The van der Waals surface area contributed by atoms with Crippen LogP contribution in [0.15, 0.2) is 133 Å². The average Bonchev–Trinajstić information content (AvgIpc) is 3.26. The second-order valence-corrected chi connectivity index (χ2v) is 13.7. The van der Waals surface area contributed by atoms with Crippen molar-refractivity contribution in [1.82, 2.24) is 0 Å². The number of ether oxygens (including phenoxy) is 3. The normalized spacial score (nSPS) is 11.0. The largest absolute Gasteiger partial charge is 0.530 e. The van der Waals surface area contributed by atoms with Crippen molar-refractivity contribution >= 4 is 41.8 Å². The van der Waals surface area contributed by atoms with E-state index in [1.807, 2.05) is 0 Å². The van der Waals surface area contributed by atoms with Gasteiger partial charge >= 0.3 is 17.2 Å². The summed E-state index contributed by atoms with van der Waals surface area (Å²) < 4.78 is 53.8. The highest BCUT2D eigenvalue weighted by molar-refractivity contribution is 7.43. The third kappa shape index (κ3) is 9.89. The van der Waals surface area contributed by atoms with Crippen LogP contribution in [-0.2, 0) is 0 Å². The van der Waals surface area contributed by atoms with Crippen LogP contribution in [0.25, 0.3) is 0 Å². The molecule has 0 saturated carbocycles. The van der Waals surface area contributed by atoms with Gasteiger partial charge in [0, 0.05) is 12.1 Å². The van der Waals surface area contributed by atoms with Gasteiger partial charge in [0.05, 0.1) is 49.1 Å². The molecule has 0 aromatic heterocycles. The number of benzene rings is 6. The highest BCUT2D eigenvalue weighted by Gasteiger charge is 2.30. The zero-order valence-electron chi connectivity index (χ0n) is 31.1. The summed E-state index contributed by atoms with van der Waals surface area (Å²) in [4.78, 5) is 50.5. The minimum absolute atomic E-state index is 0.00898. The van der Waals surface area contributed by atoms with Crippen molar-refractivity contribution in [2.75, 3.05) is 21.3 Å². The van der Waals surface area contributed by atoms with Gasteiger partial charge in [-0.05, 0) is 72.8 Å². The molecule has 0 N–H and O–H groups in total. The minimum atomic E-state index is -2.51. The van der Waals surface area contributed by atoms with Crippen molar-refractivity contribution in [3.63, 3.8) is 0 Å². The fourth-order valence-corrected chi connectivity index (χ4v) is 7.34. The molecule has 0 aliphatic carbocycles. The van der Waals surface area contributed by atoms with Crippen LogP contribution in [0.2, 0.25) is 0 Å². The van der Waals surface area contributed by atoms with Crippen molar-refractivity contribution in [2.24, 2.45) is 0 Å². The standard InChI is InChI=1S/C43H34O13P2/c1-48-32-20-22-34(41(24-32)55-57(51-36-15-7-4-12-29(36)26-44)52-37-16-8-5-13-30(37)27-45)43(47)35-23-21-33(49-2)25-42(35)56-58(53-38-17-9-6-14-31(38)28-46)54-40-19-11-10-18-39(40)50-3/h4-28H,1-3H3. The van der Waals surface area contributed by atoms with Crippen LogP contribution < -0.4 is 41.4 Å². The molecule has 15 heteroatoms. The zero-order chi connectivity index (χ0) is 40.9. The monoisotopic (exact) mass is 820 g/mol. The fraction of sp³-hybridized carbons (Fsp3) is 0.0698. The first-order chi connectivity index (χ1) is 28.4. The van der Waals surface area contributed by atoms with Gasteiger partial charge in [0.1, 0.15) is 40.2 Å². The second kappa shape index (κ2) is 19.8. The molecule has 6 rings (SSSR count). The summed E-state index contributed by atoms with van der Waals surface area (Å²) >= 11 is 0. The van der Waals surface area contributed by atoms with Crippen molar-refractivity contribution < 1.29 is 60.5 Å². The molecule has 0 bridgehead atoms. The van der Waals surface area contributed by atoms with Crippen LogP contribution in [0.5, 0.6) is 51.7 Å². The van der Waals surface area contributed by atoms with E-state index in [4.69, 9.17) is 41.4 Å². The highest BCUT2D eigenvalue weighted by atomic mass is 31.2. The summed E-state index contributed by atoms with van der Waals surface area (Å²) in [7, 11) is -0.585.